The van der Waals surface area contributed by atoms with Crippen molar-refractivity contribution < 1.29 is 28.5 Å². The van der Waals surface area contributed by atoms with Crippen molar-refractivity contribution in [3.05, 3.63) is 144 Å². The minimum absolute atomic E-state index is 0.252. The van der Waals surface area contributed by atoms with Gasteiger partial charge in [-0.3, -0.25) is 4.79 Å². The van der Waals surface area contributed by atoms with Gasteiger partial charge >= 0.3 is 5.97 Å². The molecule has 44 heavy (non-hydrogen) atoms. The number of rotatable bonds is 15. The first-order chi connectivity index (χ1) is 21.7. The molecule has 0 amide bonds. The molecule has 4 aromatic rings. The van der Waals surface area contributed by atoms with E-state index in [0.29, 0.717) is 45.7 Å². The van der Waals surface area contributed by atoms with Gasteiger partial charge in [0, 0.05) is 12.8 Å². The summed E-state index contributed by atoms with van der Waals surface area (Å²) >= 11 is 0. The molecule has 0 saturated heterocycles. The fourth-order valence-electron chi connectivity index (χ4n) is 5.49. The molecule has 4 aromatic carbocycles. The van der Waals surface area contributed by atoms with E-state index in [4.69, 9.17) is 23.7 Å². The molecule has 1 saturated carbocycles. The summed E-state index contributed by atoms with van der Waals surface area (Å²) in [4.78, 5) is 12.9. The third-order valence-electron chi connectivity index (χ3n) is 7.74. The molecule has 1 aliphatic carbocycles. The number of esters is 1. The Morgan fingerprint density at radius 2 is 0.886 bits per heavy atom. The first-order valence-electron chi connectivity index (χ1n) is 15.5. The summed E-state index contributed by atoms with van der Waals surface area (Å²) in [6.45, 7) is 3.44. The molecule has 0 N–H and O–H groups in total. The highest BCUT2D eigenvalue weighted by Gasteiger charge is 2.49. The third kappa shape index (κ3) is 9.34. The molecule has 0 radical (unpaired) electrons. The van der Waals surface area contributed by atoms with E-state index in [1.165, 1.54) is 0 Å². The number of hydrogen-bond acceptors (Lipinski definition) is 6. The van der Waals surface area contributed by atoms with Crippen molar-refractivity contribution in [3.63, 3.8) is 0 Å². The zero-order valence-electron chi connectivity index (χ0n) is 25.3. The first kappa shape index (κ1) is 31.6. The van der Waals surface area contributed by atoms with Crippen molar-refractivity contribution in [3.8, 4) is 0 Å². The molecule has 0 aliphatic heterocycles. The average molecular weight is 595 g/mol. The second-order valence-electron chi connectivity index (χ2n) is 11.1. The minimum Gasteiger partial charge on any atom is -0.459 e. The molecule has 1 aliphatic rings. The van der Waals surface area contributed by atoms with Gasteiger partial charge in [-0.1, -0.05) is 128 Å². The summed E-state index contributed by atoms with van der Waals surface area (Å²) in [6.07, 6.45) is -1.15. The Morgan fingerprint density at radius 3 is 1.30 bits per heavy atom. The van der Waals surface area contributed by atoms with Crippen molar-refractivity contribution in [1.29, 1.82) is 0 Å². The number of benzene rings is 4. The molecule has 5 rings (SSSR count). The largest absolute Gasteiger partial charge is 0.459 e. The second-order valence-corrected chi connectivity index (χ2v) is 11.1. The predicted octanol–water partition coefficient (Wildman–Crippen LogP) is 7.44. The highest BCUT2D eigenvalue weighted by atomic mass is 16.6. The van der Waals surface area contributed by atoms with E-state index in [9.17, 15) is 4.79 Å². The lowest BCUT2D eigenvalue weighted by Gasteiger charge is -2.45. The van der Waals surface area contributed by atoms with Crippen molar-refractivity contribution in [1.82, 2.24) is 0 Å². The fourth-order valence-corrected chi connectivity index (χ4v) is 5.49. The zero-order valence-corrected chi connectivity index (χ0v) is 25.3. The lowest BCUT2D eigenvalue weighted by Crippen LogP contribution is -2.60. The lowest BCUT2D eigenvalue weighted by atomic mass is 9.86. The summed E-state index contributed by atoms with van der Waals surface area (Å²) < 4.78 is 32.7. The Kier molecular flexibility index (Phi) is 12.1. The van der Waals surface area contributed by atoms with Gasteiger partial charge in [0.25, 0.3) is 0 Å². The molecule has 1 fully saturated rings. The van der Waals surface area contributed by atoms with E-state index < -0.39 is 30.5 Å². The maximum Gasteiger partial charge on any atom is 0.306 e. The quantitative estimate of drug-likeness (QED) is 0.133. The fraction of sp³-hybridized carbons (Fsp3) is 0.342. The molecule has 5 atom stereocenters. The zero-order chi connectivity index (χ0) is 30.4. The standard InChI is InChI=1S/C38H42O6/c1-2-15-35(39)44-34-24-33(40-25-29-16-7-3-8-17-29)36(41-26-30-18-9-4-10-19-30)38(43-28-32-22-13-6-14-23-32)37(34)42-27-31-20-11-5-12-21-31/h3-14,16-23,33-34,36-38H,2,15,24-28H2,1H3/t33-,34+,36+,37-,38-/m1/s1. The molecular weight excluding hydrogens is 552 g/mol. The van der Waals surface area contributed by atoms with Crippen LogP contribution in [0.2, 0.25) is 0 Å². The molecule has 230 valence electrons. The van der Waals surface area contributed by atoms with Gasteiger partial charge in [0.05, 0.1) is 32.5 Å². The van der Waals surface area contributed by atoms with Crippen LogP contribution in [0.15, 0.2) is 121 Å². The third-order valence-corrected chi connectivity index (χ3v) is 7.74. The van der Waals surface area contributed by atoms with Gasteiger partial charge in [-0.05, 0) is 28.7 Å². The van der Waals surface area contributed by atoms with Gasteiger partial charge in [0.2, 0.25) is 0 Å². The molecule has 0 spiro atoms. The topological polar surface area (TPSA) is 63.2 Å². The summed E-state index contributed by atoms with van der Waals surface area (Å²) in [5, 5.41) is 0. The molecular formula is C38H42O6. The number of hydrogen-bond donors (Lipinski definition) is 0. The van der Waals surface area contributed by atoms with E-state index in [0.717, 1.165) is 22.3 Å². The normalized spacial score (nSPS) is 21.5. The van der Waals surface area contributed by atoms with Crippen LogP contribution >= 0.6 is 0 Å². The van der Waals surface area contributed by atoms with Crippen LogP contribution in [-0.4, -0.2) is 36.5 Å². The van der Waals surface area contributed by atoms with Crippen LogP contribution in [0, 0.1) is 0 Å². The first-order valence-corrected chi connectivity index (χ1v) is 15.5. The van der Waals surface area contributed by atoms with Crippen LogP contribution in [0.25, 0.3) is 0 Å². The van der Waals surface area contributed by atoms with E-state index in [-0.39, 0.29) is 5.97 Å². The van der Waals surface area contributed by atoms with Crippen LogP contribution in [0.3, 0.4) is 0 Å². The number of carbonyl (C=O) groups excluding carboxylic acids is 1. The van der Waals surface area contributed by atoms with E-state index in [1.54, 1.807) is 0 Å². The Bertz CT molecular complexity index is 1370. The number of ether oxygens (including phenoxy) is 5. The maximum atomic E-state index is 12.9. The molecule has 0 bridgehead atoms. The Hall–Kier alpha value is -3.81. The van der Waals surface area contributed by atoms with Crippen molar-refractivity contribution >= 4 is 5.97 Å². The predicted molar refractivity (Wildman–Crippen MR) is 169 cm³/mol. The van der Waals surface area contributed by atoms with Gasteiger partial charge in [-0.15, -0.1) is 0 Å². The van der Waals surface area contributed by atoms with Crippen LogP contribution in [0.5, 0.6) is 0 Å². The molecule has 0 aromatic heterocycles. The van der Waals surface area contributed by atoms with Gasteiger partial charge < -0.3 is 23.7 Å². The van der Waals surface area contributed by atoms with Crippen molar-refractivity contribution in [2.45, 2.75) is 83.1 Å². The minimum atomic E-state index is -0.573. The Labute approximate surface area is 260 Å². The lowest BCUT2D eigenvalue weighted by molar-refractivity contribution is -0.246. The van der Waals surface area contributed by atoms with E-state index >= 15 is 0 Å². The van der Waals surface area contributed by atoms with Crippen LogP contribution in [-0.2, 0) is 54.9 Å². The summed E-state index contributed by atoms with van der Waals surface area (Å²) in [6, 6.07) is 40.2. The van der Waals surface area contributed by atoms with E-state index in [1.807, 2.05) is 128 Å². The monoisotopic (exact) mass is 594 g/mol. The molecule has 6 heteroatoms. The number of carbonyl (C=O) groups is 1. The van der Waals surface area contributed by atoms with Gasteiger partial charge in [-0.2, -0.15) is 0 Å². The van der Waals surface area contributed by atoms with Gasteiger partial charge in [-0.25, -0.2) is 0 Å². The molecule has 0 heterocycles. The van der Waals surface area contributed by atoms with Crippen LogP contribution in [0.1, 0.15) is 48.4 Å². The summed E-state index contributed by atoms with van der Waals surface area (Å²) in [7, 11) is 0. The summed E-state index contributed by atoms with van der Waals surface area (Å²) in [5.74, 6) is -0.252. The highest BCUT2D eigenvalue weighted by Crippen LogP contribution is 2.34. The van der Waals surface area contributed by atoms with E-state index in [2.05, 4.69) is 0 Å². The molecule has 0 unspecified atom stereocenters. The Morgan fingerprint density at radius 1 is 0.523 bits per heavy atom. The van der Waals surface area contributed by atoms with Crippen molar-refractivity contribution in [2.75, 3.05) is 0 Å². The van der Waals surface area contributed by atoms with Gasteiger partial charge in [0.15, 0.2) is 0 Å². The molecule has 6 nitrogen and oxygen atoms in total. The second kappa shape index (κ2) is 16.9. The Balaban J connectivity index is 1.46. The average Bonchev–Trinajstić information content (AvgIpc) is 3.07. The smallest absolute Gasteiger partial charge is 0.306 e. The van der Waals surface area contributed by atoms with Crippen LogP contribution in [0.4, 0.5) is 0 Å². The SMILES string of the molecule is CCCC(=O)O[C@H]1C[C@@H](OCc2ccccc2)[C@H](OCc2ccccc2)[C@@H](OCc2ccccc2)[C@@H]1OCc1ccccc1. The van der Waals surface area contributed by atoms with Gasteiger partial charge in [0.1, 0.15) is 24.4 Å². The summed E-state index contributed by atoms with van der Waals surface area (Å²) in [5.41, 5.74) is 4.16. The highest BCUT2D eigenvalue weighted by molar-refractivity contribution is 5.69. The van der Waals surface area contributed by atoms with Crippen LogP contribution < -0.4 is 0 Å². The van der Waals surface area contributed by atoms with Crippen molar-refractivity contribution in [2.24, 2.45) is 0 Å². The maximum absolute atomic E-state index is 12.9.